The second kappa shape index (κ2) is 12.1. The summed E-state index contributed by atoms with van der Waals surface area (Å²) >= 11 is 0. The van der Waals surface area contributed by atoms with Gasteiger partial charge >= 0.3 is 6.03 Å². The van der Waals surface area contributed by atoms with Gasteiger partial charge in [0.2, 0.25) is 5.95 Å². The summed E-state index contributed by atoms with van der Waals surface area (Å²) < 4.78 is 0. The van der Waals surface area contributed by atoms with Crippen molar-refractivity contribution in [1.82, 2.24) is 19.8 Å². The number of likely N-dealkylation sites (tertiary alicyclic amines) is 2. The van der Waals surface area contributed by atoms with Crippen molar-refractivity contribution in [2.45, 2.75) is 77.3 Å². The van der Waals surface area contributed by atoms with E-state index in [0.717, 1.165) is 76.0 Å². The Morgan fingerprint density at radius 1 is 0.892 bits per heavy atom. The van der Waals surface area contributed by atoms with Crippen LogP contribution in [-0.4, -0.2) is 77.2 Å². The molecule has 3 saturated heterocycles. The Morgan fingerprint density at radius 2 is 1.62 bits per heavy atom. The second-order valence-electron chi connectivity index (χ2n) is 11.1. The fourth-order valence-corrected chi connectivity index (χ4v) is 6.22. The molecule has 0 aliphatic carbocycles. The zero-order valence-corrected chi connectivity index (χ0v) is 22.6. The van der Waals surface area contributed by atoms with Crippen LogP contribution in [0.4, 0.5) is 22.2 Å². The largest absolute Gasteiger partial charge is 0.356 e. The van der Waals surface area contributed by atoms with Gasteiger partial charge in [-0.05, 0) is 88.2 Å². The predicted molar refractivity (Wildman–Crippen MR) is 150 cm³/mol. The minimum Gasteiger partial charge on any atom is -0.356 e. The van der Waals surface area contributed by atoms with Gasteiger partial charge < -0.3 is 20.4 Å². The summed E-state index contributed by atoms with van der Waals surface area (Å²) in [5.74, 6) is 1.81. The maximum atomic E-state index is 12.9. The molecule has 1 unspecified atom stereocenters. The standard InChI is InChI=1S/C29H43N7O/c1-22-18-23(2)20-25(19-22)32-29(37)35-16-10-26(11-17-35)36-15-7-8-24(21-36)31-28-30-12-9-27(33-28)34-13-5-3-4-6-14-34/h9,12,18-20,24,26H,3-8,10-11,13-17,21H2,1-2H3,(H,32,37)(H,30,31,33). The van der Waals surface area contributed by atoms with Crippen LogP contribution in [0, 0.1) is 13.8 Å². The molecule has 3 aliphatic rings. The van der Waals surface area contributed by atoms with Crippen LogP contribution >= 0.6 is 0 Å². The van der Waals surface area contributed by atoms with E-state index in [1.54, 1.807) is 0 Å². The Hall–Kier alpha value is -2.87. The molecule has 2 N–H and O–H groups in total. The van der Waals surface area contributed by atoms with Crippen LogP contribution in [-0.2, 0) is 0 Å². The highest BCUT2D eigenvalue weighted by Gasteiger charge is 2.30. The van der Waals surface area contributed by atoms with Crippen molar-refractivity contribution in [3.63, 3.8) is 0 Å². The molecule has 2 amide bonds. The normalized spacial score (nSPS) is 21.9. The van der Waals surface area contributed by atoms with Crippen molar-refractivity contribution in [1.29, 1.82) is 0 Å². The van der Waals surface area contributed by atoms with E-state index in [2.05, 4.69) is 45.3 Å². The number of benzene rings is 1. The van der Waals surface area contributed by atoms with E-state index in [0.29, 0.717) is 12.1 Å². The van der Waals surface area contributed by atoms with Crippen molar-refractivity contribution < 1.29 is 4.79 Å². The smallest absolute Gasteiger partial charge is 0.321 e. The number of amides is 2. The van der Waals surface area contributed by atoms with E-state index in [-0.39, 0.29) is 6.03 Å². The Bertz CT molecular complexity index is 1020. The third kappa shape index (κ3) is 6.92. The molecular weight excluding hydrogens is 462 g/mol. The molecule has 1 aromatic heterocycles. The molecule has 8 nitrogen and oxygen atoms in total. The summed E-state index contributed by atoms with van der Waals surface area (Å²) in [4.78, 5) is 29.3. The van der Waals surface area contributed by atoms with E-state index in [4.69, 9.17) is 4.98 Å². The summed E-state index contributed by atoms with van der Waals surface area (Å²) in [5, 5.41) is 6.74. The van der Waals surface area contributed by atoms with Crippen LogP contribution in [0.25, 0.3) is 0 Å². The van der Waals surface area contributed by atoms with Crippen LogP contribution in [0.2, 0.25) is 0 Å². The topological polar surface area (TPSA) is 76.6 Å². The zero-order valence-electron chi connectivity index (χ0n) is 22.6. The molecule has 4 heterocycles. The monoisotopic (exact) mass is 505 g/mol. The summed E-state index contributed by atoms with van der Waals surface area (Å²) in [7, 11) is 0. The third-order valence-electron chi connectivity index (χ3n) is 8.10. The molecule has 5 rings (SSSR count). The second-order valence-corrected chi connectivity index (χ2v) is 11.1. The maximum Gasteiger partial charge on any atom is 0.321 e. The molecular formula is C29H43N7O. The molecule has 3 fully saturated rings. The van der Waals surface area contributed by atoms with Crippen molar-refractivity contribution in [2.24, 2.45) is 0 Å². The van der Waals surface area contributed by atoms with Gasteiger partial charge in [-0.15, -0.1) is 0 Å². The third-order valence-corrected chi connectivity index (χ3v) is 8.10. The van der Waals surface area contributed by atoms with Crippen LogP contribution in [0.5, 0.6) is 0 Å². The number of aryl methyl sites for hydroxylation is 2. The highest BCUT2D eigenvalue weighted by Crippen LogP contribution is 2.24. The van der Waals surface area contributed by atoms with Crippen molar-refractivity contribution in [3.8, 4) is 0 Å². The minimum absolute atomic E-state index is 0.0167. The van der Waals surface area contributed by atoms with Crippen LogP contribution < -0.4 is 15.5 Å². The lowest BCUT2D eigenvalue weighted by atomic mass is 9.98. The van der Waals surface area contributed by atoms with Gasteiger partial charge in [0.1, 0.15) is 5.82 Å². The molecule has 0 radical (unpaired) electrons. The average molecular weight is 506 g/mol. The number of carbonyl (C=O) groups excluding carboxylic acids is 1. The molecule has 3 aliphatic heterocycles. The number of aromatic nitrogens is 2. The van der Waals surface area contributed by atoms with Crippen molar-refractivity contribution >= 4 is 23.5 Å². The van der Waals surface area contributed by atoms with E-state index >= 15 is 0 Å². The van der Waals surface area contributed by atoms with Crippen LogP contribution in [0.3, 0.4) is 0 Å². The highest BCUT2D eigenvalue weighted by molar-refractivity contribution is 5.89. The Morgan fingerprint density at radius 3 is 2.35 bits per heavy atom. The number of carbonyl (C=O) groups is 1. The first-order chi connectivity index (χ1) is 18.0. The van der Waals surface area contributed by atoms with Gasteiger partial charge in [-0.2, -0.15) is 4.98 Å². The quantitative estimate of drug-likeness (QED) is 0.593. The van der Waals surface area contributed by atoms with E-state index in [1.807, 2.05) is 29.3 Å². The molecule has 1 atom stereocenters. The van der Waals surface area contributed by atoms with Crippen LogP contribution in [0.15, 0.2) is 30.5 Å². The Labute approximate surface area is 221 Å². The summed E-state index contributed by atoms with van der Waals surface area (Å²) in [6, 6.07) is 9.15. The van der Waals surface area contributed by atoms with Gasteiger partial charge in [-0.25, -0.2) is 9.78 Å². The summed E-state index contributed by atoms with van der Waals surface area (Å²) in [5.41, 5.74) is 3.22. The van der Waals surface area contributed by atoms with Crippen molar-refractivity contribution in [3.05, 3.63) is 41.6 Å². The molecule has 37 heavy (non-hydrogen) atoms. The molecule has 200 valence electrons. The number of anilines is 3. The Kier molecular flexibility index (Phi) is 8.44. The molecule has 8 heteroatoms. The number of rotatable bonds is 5. The SMILES string of the molecule is Cc1cc(C)cc(NC(=O)N2CCC(N3CCCC(Nc4nccc(N5CCCCCC5)n4)C3)CC2)c1. The Balaban J connectivity index is 1.11. The molecule has 0 saturated carbocycles. The van der Waals surface area contributed by atoms with Gasteiger partial charge in [-0.1, -0.05) is 18.9 Å². The molecule has 0 bridgehead atoms. The number of hydrogen-bond acceptors (Lipinski definition) is 6. The molecule has 1 aromatic carbocycles. The summed E-state index contributed by atoms with van der Waals surface area (Å²) in [6.07, 6.45) is 11.4. The predicted octanol–water partition coefficient (Wildman–Crippen LogP) is 5.05. The first-order valence-electron chi connectivity index (χ1n) is 14.3. The van der Waals surface area contributed by atoms with Gasteiger partial charge in [0.05, 0.1) is 0 Å². The zero-order chi connectivity index (χ0) is 25.6. The van der Waals surface area contributed by atoms with Gasteiger partial charge in [0.25, 0.3) is 0 Å². The van der Waals surface area contributed by atoms with E-state index in [1.165, 1.54) is 43.2 Å². The first kappa shape index (κ1) is 25.8. The fraction of sp³-hybridized carbons (Fsp3) is 0.621. The van der Waals surface area contributed by atoms with Gasteiger partial charge in [0.15, 0.2) is 0 Å². The summed E-state index contributed by atoms with van der Waals surface area (Å²) in [6.45, 7) is 10.1. The number of hydrogen-bond donors (Lipinski definition) is 2. The molecule has 0 spiro atoms. The van der Waals surface area contributed by atoms with Gasteiger partial charge in [0, 0.05) is 56.7 Å². The average Bonchev–Trinajstić information content (AvgIpc) is 3.18. The number of piperidine rings is 2. The van der Waals surface area contributed by atoms with E-state index < -0.39 is 0 Å². The maximum absolute atomic E-state index is 12.9. The lowest BCUT2D eigenvalue weighted by Crippen LogP contribution is -2.52. The number of nitrogens with one attached hydrogen (secondary N) is 2. The van der Waals surface area contributed by atoms with Crippen molar-refractivity contribution in [2.75, 3.05) is 54.8 Å². The lowest BCUT2D eigenvalue weighted by Gasteiger charge is -2.42. The highest BCUT2D eigenvalue weighted by atomic mass is 16.2. The first-order valence-corrected chi connectivity index (χ1v) is 14.3. The molecule has 2 aromatic rings. The van der Waals surface area contributed by atoms with Gasteiger partial charge in [-0.3, -0.25) is 4.90 Å². The lowest BCUT2D eigenvalue weighted by molar-refractivity contribution is 0.0997. The van der Waals surface area contributed by atoms with E-state index in [9.17, 15) is 4.79 Å². The fourth-order valence-electron chi connectivity index (χ4n) is 6.22. The number of nitrogens with zero attached hydrogens (tertiary/aromatic N) is 5. The van der Waals surface area contributed by atoms with Crippen LogP contribution in [0.1, 0.15) is 62.5 Å². The number of urea groups is 1. The minimum atomic E-state index is 0.0167.